The zero-order valence-electron chi connectivity index (χ0n) is 23.7. The van der Waals surface area contributed by atoms with E-state index < -0.39 is 0 Å². The van der Waals surface area contributed by atoms with Crippen molar-refractivity contribution in [2.24, 2.45) is 0 Å². The van der Waals surface area contributed by atoms with Crippen molar-refractivity contribution in [1.82, 2.24) is 25.1 Å². The van der Waals surface area contributed by atoms with Crippen LogP contribution >= 0.6 is 11.6 Å². The highest BCUT2D eigenvalue weighted by molar-refractivity contribution is 6.34. The first kappa shape index (κ1) is 30.0. The van der Waals surface area contributed by atoms with Crippen LogP contribution in [0.2, 0.25) is 5.02 Å². The van der Waals surface area contributed by atoms with Gasteiger partial charge in [0.25, 0.3) is 0 Å². The minimum atomic E-state index is -0.369. The molecule has 0 fully saturated rings. The van der Waals surface area contributed by atoms with Gasteiger partial charge in [0, 0.05) is 17.5 Å². The van der Waals surface area contributed by atoms with Gasteiger partial charge in [-0.2, -0.15) is 4.63 Å². The highest BCUT2D eigenvalue weighted by Gasteiger charge is 2.24. The molecule has 3 rings (SSSR count). The molecule has 1 aromatic carbocycles. The SMILES string of the molecule is CCCCCCCCCCCCCCNC(=O)OCc1ccc(-c2nc3c(Cl)c(C(C)(C)C)[nH]n3n2)cc1. The normalized spacial score (nSPS) is 11.8. The Kier molecular flexibility index (Phi) is 12.0. The van der Waals surface area contributed by atoms with Gasteiger partial charge in [-0.05, 0) is 12.0 Å². The number of ether oxygens (including phenoxy) is 1. The summed E-state index contributed by atoms with van der Waals surface area (Å²) in [5.74, 6) is 0.589. The number of H-pyrrole nitrogens is 1. The molecule has 2 N–H and O–H groups in total. The van der Waals surface area contributed by atoms with E-state index in [0.29, 0.717) is 23.0 Å². The zero-order chi connectivity index (χ0) is 27.4. The second kappa shape index (κ2) is 15.2. The van der Waals surface area contributed by atoms with Crippen molar-refractivity contribution in [3.63, 3.8) is 0 Å². The maximum atomic E-state index is 12.0. The van der Waals surface area contributed by atoms with Crippen molar-refractivity contribution < 1.29 is 9.53 Å². The summed E-state index contributed by atoms with van der Waals surface area (Å²) >= 11 is 6.53. The second-order valence-corrected chi connectivity index (χ2v) is 11.7. The van der Waals surface area contributed by atoms with Gasteiger partial charge in [-0.25, -0.2) is 9.78 Å². The van der Waals surface area contributed by atoms with E-state index in [4.69, 9.17) is 16.3 Å². The zero-order valence-corrected chi connectivity index (χ0v) is 24.5. The predicted molar refractivity (Wildman–Crippen MR) is 156 cm³/mol. The van der Waals surface area contributed by atoms with E-state index in [-0.39, 0.29) is 18.1 Å². The lowest BCUT2D eigenvalue weighted by Gasteiger charge is -2.16. The molecule has 1 amide bonds. The number of amides is 1. The summed E-state index contributed by atoms with van der Waals surface area (Å²) in [4.78, 5) is 16.6. The summed E-state index contributed by atoms with van der Waals surface area (Å²) in [6, 6.07) is 7.70. The van der Waals surface area contributed by atoms with Gasteiger partial charge >= 0.3 is 6.09 Å². The van der Waals surface area contributed by atoms with Crippen molar-refractivity contribution >= 4 is 23.3 Å². The minimum Gasteiger partial charge on any atom is -0.445 e. The van der Waals surface area contributed by atoms with E-state index in [9.17, 15) is 4.79 Å². The molecule has 210 valence electrons. The maximum Gasteiger partial charge on any atom is 0.407 e. The molecule has 0 unspecified atom stereocenters. The molecule has 2 heterocycles. The number of carbonyl (C=O) groups is 1. The quantitative estimate of drug-likeness (QED) is 0.177. The third kappa shape index (κ3) is 9.33. The van der Waals surface area contributed by atoms with Crippen molar-refractivity contribution in [2.45, 2.75) is 117 Å². The standard InChI is InChI=1S/C30H46ClN5O2/c1-5-6-7-8-9-10-11-12-13-14-15-16-21-32-29(37)38-22-23-17-19-24(20-18-23)27-33-28-25(31)26(30(2,3)4)34-36(28)35-27/h17-20,34H,5-16,21-22H2,1-4H3,(H,32,37). The lowest BCUT2D eigenvalue weighted by molar-refractivity contribution is 0.139. The van der Waals surface area contributed by atoms with Gasteiger partial charge in [-0.3, -0.25) is 5.10 Å². The number of hydrogen-bond donors (Lipinski definition) is 2. The van der Waals surface area contributed by atoms with Crippen molar-refractivity contribution in [2.75, 3.05) is 6.54 Å². The van der Waals surface area contributed by atoms with Gasteiger partial charge in [-0.15, -0.1) is 5.10 Å². The molecular weight excluding hydrogens is 498 g/mol. The number of carbonyl (C=O) groups excluding carboxylic acids is 1. The third-order valence-corrected chi connectivity index (χ3v) is 7.23. The van der Waals surface area contributed by atoms with Crippen LogP contribution in [0.5, 0.6) is 0 Å². The van der Waals surface area contributed by atoms with Gasteiger partial charge < -0.3 is 10.1 Å². The number of rotatable bonds is 16. The number of fused-ring (bicyclic) bond motifs is 1. The maximum absolute atomic E-state index is 12.0. The van der Waals surface area contributed by atoms with Gasteiger partial charge in [0.1, 0.15) is 11.6 Å². The summed E-state index contributed by atoms with van der Waals surface area (Å²) in [6.45, 7) is 9.42. The first-order valence-electron chi connectivity index (χ1n) is 14.4. The lowest BCUT2D eigenvalue weighted by atomic mass is 9.92. The molecule has 0 radical (unpaired) electrons. The highest BCUT2D eigenvalue weighted by Crippen LogP contribution is 2.31. The van der Waals surface area contributed by atoms with Crippen LogP contribution in [0.25, 0.3) is 17.0 Å². The highest BCUT2D eigenvalue weighted by atomic mass is 35.5. The van der Waals surface area contributed by atoms with Crippen LogP contribution < -0.4 is 5.32 Å². The average Bonchev–Trinajstić information content (AvgIpc) is 3.45. The molecule has 0 spiro atoms. The van der Waals surface area contributed by atoms with E-state index in [1.807, 2.05) is 24.3 Å². The van der Waals surface area contributed by atoms with Crippen LogP contribution in [-0.4, -0.2) is 32.4 Å². The van der Waals surface area contributed by atoms with Crippen LogP contribution in [0, 0.1) is 0 Å². The number of halogens is 1. The van der Waals surface area contributed by atoms with Gasteiger partial charge in [-0.1, -0.05) is 134 Å². The fourth-order valence-corrected chi connectivity index (χ4v) is 4.97. The molecule has 3 aromatic rings. The van der Waals surface area contributed by atoms with E-state index in [2.05, 4.69) is 48.2 Å². The van der Waals surface area contributed by atoms with Crippen molar-refractivity contribution in [3.05, 3.63) is 40.5 Å². The monoisotopic (exact) mass is 543 g/mol. The van der Waals surface area contributed by atoms with Gasteiger partial charge in [0.05, 0.1) is 5.69 Å². The number of nitrogens with one attached hydrogen (secondary N) is 2. The Morgan fingerprint density at radius 2 is 1.53 bits per heavy atom. The molecule has 2 aromatic heterocycles. The molecule has 0 aliphatic heterocycles. The van der Waals surface area contributed by atoms with E-state index >= 15 is 0 Å². The molecule has 0 aliphatic rings. The van der Waals surface area contributed by atoms with E-state index in [0.717, 1.165) is 29.7 Å². The lowest BCUT2D eigenvalue weighted by Crippen LogP contribution is -2.25. The Hall–Kier alpha value is -2.54. The summed E-state index contributed by atoms with van der Waals surface area (Å²) in [7, 11) is 0. The van der Waals surface area contributed by atoms with Crippen LogP contribution in [0.4, 0.5) is 4.79 Å². The summed E-state index contributed by atoms with van der Waals surface area (Å²) in [5, 5.41) is 11.2. The average molecular weight is 544 g/mol. The molecule has 8 heteroatoms. The molecule has 0 saturated heterocycles. The molecule has 38 heavy (non-hydrogen) atoms. The number of alkyl carbamates (subject to hydrolysis) is 1. The molecular formula is C30H46ClN5O2. The first-order chi connectivity index (χ1) is 18.3. The van der Waals surface area contributed by atoms with Crippen LogP contribution in [0.15, 0.2) is 24.3 Å². The number of aromatic amines is 1. The molecule has 0 bridgehead atoms. The fraction of sp³-hybridized carbons (Fsp3) is 0.633. The largest absolute Gasteiger partial charge is 0.445 e. The van der Waals surface area contributed by atoms with Crippen molar-refractivity contribution in [3.8, 4) is 11.4 Å². The topological polar surface area (TPSA) is 84.3 Å². The van der Waals surface area contributed by atoms with E-state index in [1.54, 1.807) is 4.63 Å². The summed E-state index contributed by atoms with van der Waals surface area (Å²) < 4.78 is 6.99. The van der Waals surface area contributed by atoms with Crippen LogP contribution in [0.3, 0.4) is 0 Å². The second-order valence-electron chi connectivity index (χ2n) is 11.3. The van der Waals surface area contributed by atoms with Crippen molar-refractivity contribution in [1.29, 1.82) is 0 Å². The van der Waals surface area contributed by atoms with Gasteiger partial charge in [0.15, 0.2) is 11.5 Å². The molecule has 0 aliphatic carbocycles. The Balaban J connectivity index is 1.28. The first-order valence-corrected chi connectivity index (χ1v) is 14.8. The third-order valence-electron chi connectivity index (χ3n) is 6.87. The van der Waals surface area contributed by atoms with Crippen LogP contribution in [-0.2, 0) is 16.8 Å². The van der Waals surface area contributed by atoms with Gasteiger partial charge in [0.2, 0.25) is 0 Å². The molecule has 7 nitrogen and oxygen atoms in total. The number of hydrogen-bond acceptors (Lipinski definition) is 4. The Morgan fingerprint density at radius 1 is 0.947 bits per heavy atom. The Morgan fingerprint density at radius 3 is 2.08 bits per heavy atom. The predicted octanol–water partition coefficient (Wildman–Crippen LogP) is 8.60. The molecule has 0 saturated carbocycles. The summed E-state index contributed by atoms with van der Waals surface area (Å²) in [6.07, 6.45) is 15.3. The van der Waals surface area contributed by atoms with E-state index in [1.165, 1.54) is 64.2 Å². The Bertz CT molecular complexity index is 1110. The number of benzene rings is 1. The van der Waals surface area contributed by atoms with Crippen LogP contribution in [0.1, 0.15) is 116 Å². The number of unbranched alkanes of at least 4 members (excludes halogenated alkanes) is 11. The Labute approximate surface area is 233 Å². The minimum absolute atomic E-state index is 0.125. The number of nitrogens with zero attached hydrogens (tertiary/aromatic N) is 3. The fourth-order valence-electron chi connectivity index (χ4n) is 4.52. The smallest absolute Gasteiger partial charge is 0.407 e. The number of aromatic nitrogens is 4. The molecule has 0 atom stereocenters. The summed E-state index contributed by atoms with van der Waals surface area (Å²) in [5.41, 5.74) is 3.18.